The van der Waals surface area contributed by atoms with E-state index in [-0.39, 0.29) is 0 Å². The lowest BCUT2D eigenvalue weighted by molar-refractivity contribution is -0.138. The Morgan fingerprint density at radius 3 is 2.22 bits per heavy atom. The number of aliphatic carboxylic acids is 1. The van der Waals surface area contributed by atoms with Gasteiger partial charge >= 0.3 is 5.97 Å². The minimum absolute atomic E-state index is 0.378. The maximum absolute atomic E-state index is 11.1. The quantitative estimate of drug-likeness (QED) is 0.614. The number of benzene rings is 1. The predicted octanol–water partition coefficient (Wildman–Crippen LogP) is -0.464. The number of carbonyl (C=O) groups excluding carboxylic acids is 1. The normalized spacial score (nSPS) is 12.1. The SMILES string of the molecule is BN[C@@H](Cc1c(C)cc(C(N)=O)cc1C)C(=O)O. The van der Waals surface area contributed by atoms with Crippen molar-refractivity contribution in [3.63, 3.8) is 0 Å². The Labute approximate surface area is 107 Å². The molecule has 1 aromatic rings. The largest absolute Gasteiger partial charge is 0.480 e. The highest BCUT2D eigenvalue weighted by molar-refractivity contribution is 6.06. The van der Waals surface area contributed by atoms with E-state index in [1.54, 1.807) is 20.1 Å². The van der Waals surface area contributed by atoms with E-state index in [9.17, 15) is 9.59 Å². The van der Waals surface area contributed by atoms with Crippen molar-refractivity contribution in [1.29, 1.82) is 0 Å². The van der Waals surface area contributed by atoms with E-state index in [4.69, 9.17) is 10.8 Å². The van der Waals surface area contributed by atoms with E-state index in [0.29, 0.717) is 12.0 Å². The first-order valence-electron chi connectivity index (χ1n) is 5.66. The van der Waals surface area contributed by atoms with Crippen LogP contribution in [0.2, 0.25) is 0 Å². The Balaban J connectivity index is 3.10. The summed E-state index contributed by atoms with van der Waals surface area (Å²) in [6.45, 7) is 3.70. The van der Waals surface area contributed by atoms with Crippen molar-refractivity contribution in [3.8, 4) is 0 Å². The molecule has 1 rings (SSSR count). The molecule has 0 spiro atoms. The van der Waals surface area contributed by atoms with Crippen LogP contribution in [-0.4, -0.2) is 31.0 Å². The van der Waals surface area contributed by atoms with Crippen molar-refractivity contribution in [1.82, 2.24) is 5.23 Å². The molecule has 0 aliphatic rings. The number of rotatable bonds is 5. The van der Waals surface area contributed by atoms with Gasteiger partial charge in [-0.25, -0.2) is 0 Å². The van der Waals surface area contributed by atoms with Crippen LogP contribution in [0.3, 0.4) is 0 Å². The molecule has 0 saturated carbocycles. The Bertz CT molecular complexity index is 465. The highest BCUT2D eigenvalue weighted by Gasteiger charge is 2.18. The molecule has 0 saturated heterocycles. The molecule has 4 N–H and O–H groups in total. The second-order valence-corrected chi connectivity index (χ2v) is 4.34. The highest BCUT2D eigenvalue weighted by Crippen LogP contribution is 2.18. The van der Waals surface area contributed by atoms with Crippen molar-refractivity contribution in [2.45, 2.75) is 26.3 Å². The molecule has 0 aromatic heterocycles. The number of primary amides is 1. The van der Waals surface area contributed by atoms with Gasteiger partial charge in [0.25, 0.3) is 0 Å². The summed E-state index contributed by atoms with van der Waals surface area (Å²) in [4.78, 5) is 22.1. The Kier molecular flexibility index (Phi) is 4.50. The lowest BCUT2D eigenvalue weighted by Crippen LogP contribution is -2.37. The van der Waals surface area contributed by atoms with Crippen LogP contribution in [0.25, 0.3) is 0 Å². The van der Waals surface area contributed by atoms with Crippen molar-refractivity contribution in [2.24, 2.45) is 5.73 Å². The van der Waals surface area contributed by atoms with Gasteiger partial charge in [0, 0.05) is 5.56 Å². The van der Waals surface area contributed by atoms with Gasteiger partial charge in [-0.2, -0.15) is 0 Å². The Morgan fingerprint density at radius 2 is 1.89 bits per heavy atom. The van der Waals surface area contributed by atoms with E-state index in [1.165, 1.54) is 0 Å². The summed E-state index contributed by atoms with van der Waals surface area (Å²) >= 11 is 0. The molecule has 0 fully saturated rings. The van der Waals surface area contributed by atoms with E-state index < -0.39 is 17.9 Å². The molecule has 1 atom stereocenters. The highest BCUT2D eigenvalue weighted by atomic mass is 16.4. The molecule has 0 heterocycles. The molecule has 1 aromatic carbocycles. The van der Waals surface area contributed by atoms with Crippen LogP contribution in [0.15, 0.2) is 12.1 Å². The van der Waals surface area contributed by atoms with Gasteiger partial charge in [0.15, 0.2) is 7.98 Å². The summed E-state index contributed by atoms with van der Waals surface area (Å²) < 4.78 is 0. The average Bonchev–Trinajstić information content (AvgIpc) is 2.27. The zero-order valence-electron chi connectivity index (χ0n) is 10.8. The van der Waals surface area contributed by atoms with Crippen molar-refractivity contribution in [3.05, 3.63) is 34.4 Å². The van der Waals surface area contributed by atoms with Crippen LogP contribution in [0.4, 0.5) is 0 Å². The van der Waals surface area contributed by atoms with E-state index >= 15 is 0 Å². The van der Waals surface area contributed by atoms with Crippen molar-refractivity contribution < 1.29 is 14.7 Å². The summed E-state index contributed by atoms with van der Waals surface area (Å²) in [5.74, 6) is -1.37. The maximum Gasteiger partial charge on any atom is 0.320 e. The van der Waals surface area contributed by atoms with Gasteiger partial charge in [0.1, 0.15) is 0 Å². The molecule has 1 amide bonds. The molecule has 96 valence electrons. The summed E-state index contributed by atoms with van der Waals surface area (Å²) in [6.07, 6.45) is 0.378. The molecule has 0 bridgehead atoms. The van der Waals surface area contributed by atoms with Crippen LogP contribution in [-0.2, 0) is 11.2 Å². The standard InChI is InChI=1S/C12H17BN2O3/c1-6-3-8(11(14)16)4-7(2)9(6)5-10(15-13)12(17)18/h3-4,10,15H,5,13H2,1-2H3,(H2,14,16)(H,17,18)/t10-/m0/s1. The van der Waals surface area contributed by atoms with Crippen LogP contribution in [0.1, 0.15) is 27.0 Å². The number of hydrogen-bond donors (Lipinski definition) is 3. The monoisotopic (exact) mass is 248 g/mol. The minimum atomic E-state index is -0.893. The fraction of sp³-hybridized carbons (Fsp3) is 0.333. The first-order valence-corrected chi connectivity index (χ1v) is 5.66. The smallest absolute Gasteiger partial charge is 0.320 e. The van der Waals surface area contributed by atoms with E-state index in [2.05, 4.69) is 5.23 Å². The summed E-state index contributed by atoms with van der Waals surface area (Å²) in [7, 11) is 1.61. The van der Waals surface area contributed by atoms with Gasteiger partial charge in [0.05, 0.1) is 6.04 Å². The summed E-state index contributed by atoms with van der Waals surface area (Å²) in [6, 6.07) is 2.75. The zero-order valence-corrected chi connectivity index (χ0v) is 10.8. The fourth-order valence-electron chi connectivity index (χ4n) is 1.97. The second kappa shape index (κ2) is 5.68. The van der Waals surface area contributed by atoms with Crippen molar-refractivity contribution >= 4 is 19.9 Å². The zero-order chi connectivity index (χ0) is 13.9. The van der Waals surface area contributed by atoms with Gasteiger partial charge in [-0.1, -0.05) is 0 Å². The molecule has 0 radical (unpaired) electrons. The summed E-state index contributed by atoms with van der Waals surface area (Å²) in [5.41, 5.74) is 8.37. The minimum Gasteiger partial charge on any atom is -0.480 e. The van der Waals surface area contributed by atoms with Gasteiger partial charge in [-0.15, -0.1) is 0 Å². The van der Waals surface area contributed by atoms with Gasteiger partial charge < -0.3 is 16.1 Å². The maximum atomic E-state index is 11.1. The second-order valence-electron chi connectivity index (χ2n) is 4.34. The Morgan fingerprint density at radius 1 is 1.39 bits per heavy atom. The third-order valence-corrected chi connectivity index (χ3v) is 3.04. The van der Waals surface area contributed by atoms with Crippen LogP contribution in [0, 0.1) is 13.8 Å². The average molecular weight is 248 g/mol. The van der Waals surface area contributed by atoms with E-state index in [1.807, 2.05) is 13.8 Å². The van der Waals surface area contributed by atoms with Crippen molar-refractivity contribution in [2.75, 3.05) is 0 Å². The van der Waals surface area contributed by atoms with Crippen LogP contribution in [0.5, 0.6) is 0 Å². The van der Waals surface area contributed by atoms with Crippen LogP contribution >= 0.6 is 0 Å². The number of hydrogen-bond acceptors (Lipinski definition) is 3. The van der Waals surface area contributed by atoms with Crippen LogP contribution < -0.4 is 11.0 Å². The number of nitrogens with two attached hydrogens (primary N) is 1. The lowest BCUT2D eigenvalue weighted by Gasteiger charge is -2.16. The third kappa shape index (κ3) is 3.10. The molecule has 0 aliphatic heterocycles. The van der Waals surface area contributed by atoms with E-state index in [0.717, 1.165) is 16.7 Å². The molecule has 18 heavy (non-hydrogen) atoms. The molecule has 0 unspecified atom stereocenters. The molecule has 5 nitrogen and oxygen atoms in total. The molecular weight excluding hydrogens is 231 g/mol. The van der Waals surface area contributed by atoms with Gasteiger partial charge in [0.2, 0.25) is 5.91 Å². The number of aryl methyl sites for hydroxylation is 2. The number of amides is 1. The molecule has 0 aliphatic carbocycles. The Hall–Kier alpha value is -1.82. The lowest BCUT2D eigenvalue weighted by atomic mass is 9.93. The number of carbonyl (C=O) groups is 2. The number of carboxylic acids is 1. The summed E-state index contributed by atoms with van der Waals surface area (Å²) in [5, 5.41) is 11.8. The first-order chi connectivity index (χ1) is 8.36. The number of carboxylic acid groups (broad SMARTS) is 1. The number of nitrogens with one attached hydrogen (secondary N) is 1. The van der Waals surface area contributed by atoms with Gasteiger partial charge in [-0.3, -0.25) is 9.59 Å². The first kappa shape index (κ1) is 14.2. The topological polar surface area (TPSA) is 92.4 Å². The van der Waals surface area contributed by atoms with Gasteiger partial charge in [-0.05, 0) is 49.1 Å². The fourth-order valence-corrected chi connectivity index (χ4v) is 1.97. The molecule has 6 heteroatoms. The molecular formula is C12H17BN2O3. The third-order valence-electron chi connectivity index (χ3n) is 3.04. The predicted molar refractivity (Wildman–Crippen MR) is 71.2 cm³/mol.